The summed E-state index contributed by atoms with van der Waals surface area (Å²) in [4.78, 5) is 27.6. The largest absolute Gasteiger partial charge is 0.491 e. The van der Waals surface area contributed by atoms with E-state index >= 15 is 0 Å². The lowest BCUT2D eigenvalue weighted by molar-refractivity contribution is -0.111. The predicted molar refractivity (Wildman–Crippen MR) is 157 cm³/mol. The molecule has 0 unspecified atom stereocenters. The van der Waals surface area contributed by atoms with E-state index in [1.165, 1.54) is 12.4 Å². The Bertz CT molecular complexity index is 1530. The number of nitrogens with one attached hydrogen (secondary N) is 2. The first-order valence-corrected chi connectivity index (χ1v) is 13.3. The number of benzene rings is 2. The van der Waals surface area contributed by atoms with Gasteiger partial charge in [-0.2, -0.15) is 0 Å². The summed E-state index contributed by atoms with van der Waals surface area (Å²) < 4.78 is 12.1. The molecule has 1 aliphatic carbocycles. The Hall–Kier alpha value is -4.21. The summed E-state index contributed by atoms with van der Waals surface area (Å²) >= 11 is 6.51. The molecule has 1 fully saturated rings. The van der Waals surface area contributed by atoms with Crippen LogP contribution in [0.1, 0.15) is 18.5 Å². The number of hydrogen-bond donors (Lipinski definition) is 2. The fourth-order valence-corrected chi connectivity index (χ4v) is 4.71. The second-order valence-electron chi connectivity index (χ2n) is 10.2. The lowest BCUT2D eigenvalue weighted by Crippen LogP contribution is -2.27. The molecule has 0 atom stereocenters. The summed E-state index contributed by atoms with van der Waals surface area (Å²) in [7, 11) is 4.13. The van der Waals surface area contributed by atoms with Gasteiger partial charge >= 0.3 is 0 Å². The quantitative estimate of drug-likeness (QED) is 0.209. The molecule has 2 N–H and O–H groups in total. The molecular weight excluding hydrogens is 528 g/mol. The van der Waals surface area contributed by atoms with Crippen LogP contribution in [0.2, 0.25) is 5.02 Å². The summed E-state index contributed by atoms with van der Waals surface area (Å²) in [5.74, 6) is 1.31. The van der Waals surface area contributed by atoms with Gasteiger partial charge in [-0.25, -0.2) is 9.97 Å². The fourth-order valence-electron chi connectivity index (χ4n) is 4.48. The molecule has 206 valence electrons. The van der Waals surface area contributed by atoms with E-state index in [4.69, 9.17) is 21.1 Å². The van der Waals surface area contributed by atoms with Gasteiger partial charge in [-0.1, -0.05) is 24.2 Å². The molecule has 2 aromatic heterocycles. The average Bonchev–Trinajstić information content (AvgIpc) is 3.71. The summed E-state index contributed by atoms with van der Waals surface area (Å²) in [6.07, 6.45) is 6.65. The summed E-state index contributed by atoms with van der Waals surface area (Å²) in [5, 5.41) is 7.32. The predicted octanol–water partition coefficient (Wildman–Crippen LogP) is 5.85. The first kappa shape index (κ1) is 27.4. The monoisotopic (exact) mass is 558 g/mol. The molecule has 1 aliphatic rings. The summed E-state index contributed by atoms with van der Waals surface area (Å²) in [5.41, 5.74) is 2.84. The highest BCUT2D eigenvalue weighted by atomic mass is 35.5. The Labute approximate surface area is 238 Å². The normalized spacial score (nSPS) is 13.6. The van der Waals surface area contributed by atoms with Crippen LogP contribution in [-0.4, -0.2) is 53.0 Å². The van der Waals surface area contributed by atoms with Crippen LogP contribution in [0.15, 0.2) is 73.7 Å². The van der Waals surface area contributed by atoms with Gasteiger partial charge < -0.3 is 25.0 Å². The van der Waals surface area contributed by atoms with Gasteiger partial charge in [0, 0.05) is 35.3 Å². The Balaban J connectivity index is 1.38. The SMILES string of the molecule is C=CC(=O)Nc1cc2c(Nc3ccc(OCc4ccccn4)c(Cl)c3)ncnc2cc1OCC1(CN(C)C)CC1. The van der Waals surface area contributed by atoms with Crippen molar-refractivity contribution in [2.24, 2.45) is 5.41 Å². The molecule has 2 heterocycles. The van der Waals surface area contributed by atoms with Crippen molar-refractivity contribution in [3.63, 3.8) is 0 Å². The third-order valence-electron chi connectivity index (χ3n) is 6.62. The van der Waals surface area contributed by atoms with Crippen LogP contribution < -0.4 is 20.1 Å². The van der Waals surface area contributed by atoms with Crippen molar-refractivity contribution >= 4 is 45.6 Å². The molecule has 4 aromatic rings. The second kappa shape index (κ2) is 11.9. The Morgan fingerprint density at radius 2 is 1.95 bits per heavy atom. The number of nitrogens with zero attached hydrogens (tertiary/aromatic N) is 4. The van der Waals surface area contributed by atoms with E-state index in [1.54, 1.807) is 18.3 Å². The highest BCUT2D eigenvalue weighted by molar-refractivity contribution is 6.32. The van der Waals surface area contributed by atoms with Crippen LogP contribution in [0.4, 0.5) is 17.2 Å². The standard InChI is InChI=1S/C30H31ClN6O3/c1-4-28(38)36-25-14-22-24(15-27(25)40-18-30(10-11-30)17-37(2)3)33-19-34-29(22)35-20-8-9-26(23(31)13-20)39-16-21-7-5-6-12-32-21/h4-9,12-15,19H,1,10-11,16-18H2,2-3H3,(H,36,38)(H,33,34,35). The van der Waals surface area contributed by atoms with Gasteiger partial charge in [0.25, 0.3) is 0 Å². The van der Waals surface area contributed by atoms with Crippen molar-refractivity contribution < 1.29 is 14.3 Å². The first-order valence-electron chi connectivity index (χ1n) is 12.9. The van der Waals surface area contributed by atoms with E-state index in [9.17, 15) is 4.79 Å². The minimum absolute atomic E-state index is 0.128. The lowest BCUT2D eigenvalue weighted by Gasteiger charge is -2.22. The maximum Gasteiger partial charge on any atom is 0.247 e. The van der Waals surface area contributed by atoms with Gasteiger partial charge in [-0.15, -0.1) is 0 Å². The third kappa shape index (κ3) is 6.67. The van der Waals surface area contributed by atoms with Crippen LogP contribution in [0, 0.1) is 5.41 Å². The van der Waals surface area contributed by atoms with Gasteiger partial charge in [0.05, 0.1) is 28.5 Å². The van der Waals surface area contributed by atoms with E-state index in [0.717, 1.165) is 25.1 Å². The third-order valence-corrected chi connectivity index (χ3v) is 6.91. The highest BCUT2D eigenvalue weighted by Gasteiger charge is 2.44. The molecular formula is C30H31ClN6O3. The number of fused-ring (bicyclic) bond motifs is 1. The van der Waals surface area contributed by atoms with Gasteiger partial charge in [0.1, 0.15) is 30.3 Å². The van der Waals surface area contributed by atoms with Crippen LogP contribution in [0.3, 0.4) is 0 Å². The van der Waals surface area contributed by atoms with Crippen molar-refractivity contribution in [2.75, 3.05) is 37.9 Å². The number of aromatic nitrogens is 3. The number of halogens is 1. The molecule has 0 spiro atoms. The number of rotatable bonds is 12. The summed E-state index contributed by atoms with van der Waals surface area (Å²) in [6, 6.07) is 14.7. The minimum atomic E-state index is -0.335. The molecule has 0 bridgehead atoms. The van der Waals surface area contributed by atoms with E-state index in [0.29, 0.717) is 57.8 Å². The highest BCUT2D eigenvalue weighted by Crippen LogP contribution is 2.47. The average molecular weight is 559 g/mol. The van der Waals surface area contributed by atoms with Gasteiger partial charge in [-0.3, -0.25) is 9.78 Å². The number of anilines is 3. The molecule has 40 heavy (non-hydrogen) atoms. The Morgan fingerprint density at radius 3 is 2.65 bits per heavy atom. The van der Waals surface area contributed by atoms with E-state index in [1.807, 2.05) is 36.4 Å². The maximum absolute atomic E-state index is 12.2. The van der Waals surface area contributed by atoms with Crippen molar-refractivity contribution in [3.8, 4) is 11.5 Å². The molecule has 0 radical (unpaired) electrons. The molecule has 1 amide bonds. The molecule has 5 rings (SSSR count). The topological polar surface area (TPSA) is 102 Å². The molecule has 1 saturated carbocycles. The van der Waals surface area contributed by atoms with Crippen molar-refractivity contribution in [1.29, 1.82) is 0 Å². The zero-order valence-electron chi connectivity index (χ0n) is 22.5. The zero-order chi connectivity index (χ0) is 28.1. The van der Waals surface area contributed by atoms with E-state index in [2.05, 4.69) is 51.2 Å². The van der Waals surface area contributed by atoms with Crippen molar-refractivity contribution in [2.45, 2.75) is 19.4 Å². The van der Waals surface area contributed by atoms with E-state index in [-0.39, 0.29) is 11.3 Å². The zero-order valence-corrected chi connectivity index (χ0v) is 23.2. The first-order chi connectivity index (χ1) is 19.3. The number of carbonyl (C=O) groups excluding carboxylic acids is 1. The molecule has 10 heteroatoms. The molecule has 2 aromatic carbocycles. The van der Waals surface area contributed by atoms with Crippen LogP contribution in [-0.2, 0) is 11.4 Å². The minimum Gasteiger partial charge on any atom is -0.491 e. The number of amides is 1. The van der Waals surface area contributed by atoms with Crippen LogP contribution in [0.25, 0.3) is 10.9 Å². The van der Waals surface area contributed by atoms with Gasteiger partial charge in [0.2, 0.25) is 5.91 Å². The maximum atomic E-state index is 12.2. The lowest BCUT2D eigenvalue weighted by atomic mass is 10.1. The van der Waals surface area contributed by atoms with Crippen molar-refractivity contribution in [3.05, 3.63) is 84.4 Å². The number of pyridine rings is 1. The number of hydrogen-bond acceptors (Lipinski definition) is 8. The molecule has 0 aliphatic heterocycles. The smallest absolute Gasteiger partial charge is 0.247 e. The fraction of sp³-hybridized carbons (Fsp3) is 0.267. The molecule has 0 saturated heterocycles. The summed E-state index contributed by atoms with van der Waals surface area (Å²) in [6.45, 7) is 5.38. The van der Waals surface area contributed by atoms with Gasteiger partial charge in [0.15, 0.2) is 0 Å². The van der Waals surface area contributed by atoms with Crippen LogP contribution >= 0.6 is 11.6 Å². The Morgan fingerprint density at radius 1 is 1.10 bits per heavy atom. The van der Waals surface area contributed by atoms with Crippen LogP contribution in [0.5, 0.6) is 11.5 Å². The number of carbonyl (C=O) groups is 1. The molecule has 9 nitrogen and oxygen atoms in total. The van der Waals surface area contributed by atoms with Crippen molar-refractivity contribution in [1.82, 2.24) is 19.9 Å². The van der Waals surface area contributed by atoms with Gasteiger partial charge in [-0.05, 0) is 69.4 Å². The number of ether oxygens (including phenoxy) is 2. The Kier molecular flexibility index (Phi) is 8.14. The second-order valence-corrected chi connectivity index (χ2v) is 10.6. The van der Waals surface area contributed by atoms with E-state index < -0.39 is 0 Å².